The molecule has 2 aliphatic carbocycles. The van der Waals surface area contributed by atoms with E-state index in [1.165, 1.54) is 0 Å². The Balaban J connectivity index is 1.84. The molecule has 0 aromatic heterocycles. The minimum Gasteiger partial charge on any atom is -0.358 e. The summed E-state index contributed by atoms with van der Waals surface area (Å²) in [6.07, 6.45) is 2.64. The van der Waals surface area contributed by atoms with Crippen LogP contribution in [0.4, 0.5) is 0 Å². The standard InChI is InChI=1S/C19H22O3/c1-4-19(22-12-13-8-6-5-7-9-13)10-14-16(17(19)21)15(20)11-18(14,2)3/h4-9,14,16H,1,10-12H2,2-3H3/t14-,16+,19-/m0/s1. The summed E-state index contributed by atoms with van der Waals surface area (Å²) in [6.45, 7) is 8.31. The van der Waals surface area contributed by atoms with Gasteiger partial charge in [0, 0.05) is 6.42 Å². The van der Waals surface area contributed by atoms with Gasteiger partial charge in [0.2, 0.25) is 0 Å². The van der Waals surface area contributed by atoms with Gasteiger partial charge in [0.25, 0.3) is 0 Å². The number of ether oxygens (including phenoxy) is 1. The predicted octanol–water partition coefficient (Wildman–Crippen LogP) is 3.33. The highest BCUT2D eigenvalue weighted by Gasteiger charge is 2.62. The number of hydrogen-bond acceptors (Lipinski definition) is 3. The molecule has 0 N–H and O–H groups in total. The van der Waals surface area contributed by atoms with Gasteiger partial charge < -0.3 is 4.74 Å². The van der Waals surface area contributed by atoms with Crippen LogP contribution in [0.15, 0.2) is 43.0 Å². The Morgan fingerprint density at radius 2 is 1.95 bits per heavy atom. The van der Waals surface area contributed by atoms with Crippen molar-refractivity contribution < 1.29 is 14.3 Å². The third-order valence-electron chi connectivity index (χ3n) is 5.27. The lowest BCUT2D eigenvalue weighted by molar-refractivity contribution is -0.142. The Morgan fingerprint density at radius 1 is 1.27 bits per heavy atom. The van der Waals surface area contributed by atoms with E-state index in [-0.39, 0.29) is 22.9 Å². The zero-order valence-electron chi connectivity index (χ0n) is 13.2. The maximum atomic E-state index is 12.8. The Bertz CT molecular complexity index is 617. The zero-order chi connectivity index (χ0) is 16.0. The van der Waals surface area contributed by atoms with Crippen LogP contribution in [0.2, 0.25) is 0 Å². The molecule has 0 bridgehead atoms. The molecule has 0 aliphatic heterocycles. The molecule has 0 spiro atoms. The molecule has 1 aromatic rings. The van der Waals surface area contributed by atoms with E-state index in [1.807, 2.05) is 30.3 Å². The summed E-state index contributed by atoms with van der Waals surface area (Å²) in [4.78, 5) is 25.1. The van der Waals surface area contributed by atoms with Gasteiger partial charge in [-0.05, 0) is 23.3 Å². The highest BCUT2D eigenvalue weighted by Crippen LogP contribution is 2.55. The third kappa shape index (κ3) is 2.24. The van der Waals surface area contributed by atoms with Crippen molar-refractivity contribution in [2.45, 2.75) is 38.9 Å². The molecule has 0 amide bonds. The van der Waals surface area contributed by atoms with Crippen molar-refractivity contribution in [2.75, 3.05) is 0 Å². The summed E-state index contributed by atoms with van der Waals surface area (Å²) in [5.41, 5.74) is -0.143. The first-order chi connectivity index (χ1) is 10.4. The molecule has 2 fully saturated rings. The van der Waals surface area contributed by atoms with Crippen LogP contribution in [-0.2, 0) is 20.9 Å². The average molecular weight is 298 g/mol. The second-order valence-corrected chi connectivity index (χ2v) is 7.15. The molecular formula is C19H22O3. The van der Waals surface area contributed by atoms with Gasteiger partial charge in [-0.1, -0.05) is 56.8 Å². The van der Waals surface area contributed by atoms with Crippen molar-refractivity contribution in [1.29, 1.82) is 0 Å². The number of hydrogen-bond donors (Lipinski definition) is 0. The van der Waals surface area contributed by atoms with Gasteiger partial charge >= 0.3 is 0 Å². The minimum absolute atomic E-state index is 0.0567. The van der Waals surface area contributed by atoms with E-state index in [2.05, 4.69) is 20.4 Å². The second kappa shape index (κ2) is 5.17. The first-order valence-electron chi connectivity index (χ1n) is 7.78. The molecule has 116 valence electrons. The number of carbonyl (C=O) groups is 2. The van der Waals surface area contributed by atoms with Crippen LogP contribution in [0.25, 0.3) is 0 Å². The number of benzene rings is 1. The van der Waals surface area contributed by atoms with Crippen LogP contribution < -0.4 is 0 Å². The first-order valence-corrected chi connectivity index (χ1v) is 7.78. The normalized spacial score (nSPS) is 33.0. The van der Waals surface area contributed by atoms with E-state index in [0.29, 0.717) is 19.4 Å². The number of ketones is 2. The lowest BCUT2D eigenvalue weighted by Gasteiger charge is -2.29. The van der Waals surface area contributed by atoms with Crippen molar-refractivity contribution in [3.05, 3.63) is 48.6 Å². The molecule has 3 heteroatoms. The molecule has 3 rings (SSSR count). The van der Waals surface area contributed by atoms with Crippen LogP contribution in [-0.4, -0.2) is 17.2 Å². The Kier molecular flexibility index (Phi) is 3.56. The molecule has 2 saturated carbocycles. The van der Waals surface area contributed by atoms with E-state index in [9.17, 15) is 9.59 Å². The largest absolute Gasteiger partial charge is 0.358 e. The van der Waals surface area contributed by atoms with E-state index < -0.39 is 11.5 Å². The van der Waals surface area contributed by atoms with Gasteiger partial charge in [0.1, 0.15) is 11.4 Å². The van der Waals surface area contributed by atoms with Gasteiger partial charge in [0.05, 0.1) is 12.5 Å². The van der Waals surface area contributed by atoms with Crippen molar-refractivity contribution in [3.8, 4) is 0 Å². The van der Waals surface area contributed by atoms with Crippen molar-refractivity contribution >= 4 is 11.6 Å². The Morgan fingerprint density at radius 3 is 2.55 bits per heavy atom. The minimum atomic E-state index is -1.02. The number of fused-ring (bicyclic) bond motifs is 1. The molecule has 0 heterocycles. The van der Waals surface area contributed by atoms with Crippen molar-refractivity contribution in [2.24, 2.45) is 17.3 Å². The van der Waals surface area contributed by atoms with Crippen molar-refractivity contribution in [1.82, 2.24) is 0 Å². The monoisotopic (exact) mass is 298 g/mol. The van der Waals surface area contributed by atoms with E-state index in [1.54, 1.807) is 6.08 Å². The lowest BCUT2D eigenvalue weighted by Crippen LogP contribution is -2.38. The van der Waals surface area contributed by atoms with Crippen LogP contribution in [0.1, 0.15) is 32.3 Å². The molecule has 3 nitrogen and oxygen atoms in total. The first kappa shape index (κ1) is 15.2. The number of carbonyl (C=O) groups excluding carboxylic acids is 2. The number of Topliss-reactive ketones (excluding diaryl/α,β-unsaturated/α-hetero) is 2. The smallest absolute Gasteiger partial charge is 0.179 e. The van der Waals surface area contributed by atoms with Gasteiger partial charge in [-0.25, -0.2) is 0 Å². The maximum Gasteiger partial charge on any atom is 0.179 e. The summed E-state index contributed by atoms with van der Waals surface area (Å²) >= 11 is 0. The molecule has 22 heavy (non-hydrogen) atoms. The molecule has 0 radical (unpaired) electrons. The quantitative estimate of drug-likeness (QED) is 0.632. The summed E-state index contributed by atoms with van der Waals surface area (Å²) in [6, 6.07) is 9.76. The summed E-state index contributed by atoms with van der Waals surface area (Å²) in [5, 5.41) is 0. The highest BCUT2D eigenvalue weighted by molar-refractivity contribution is 6.10. The van der Waals surface area contributed by atoms with Crippen LogP contribution >= 0.6 is 0 Å². The summed E-state index contributed by atoms with van der Waals surface area (Å²) < 4.78 is 6.00. The fourth-order valence-electron chi connectivity index (χ4n) is 3.94. The topological polar surface area (TPSA) is 43.4 Å². The van der Waals surface area contributed by atoms with Gasteiger partial charge in [-0.2, -0.15) is 0 Å². The fourth-order valence-corrected chi connectivity index (χ4v) is 3.94. The van der Waals surface area contributed by atoms with Crippen LogP contribution in [0.3, 0.4) is 0 Å². The number of rotatable bonds is 4. The summed E-state index contributed by atoms with van der Waals surface area (Å²) in [5.74, 6) is -0.490. The molecule has 0 saturated heterocycles. The zero-order valence-corrected chi connectivity index (χ0v) is 13.2. The third-order valence-corrected chi connectivity index (χ3v) is 5.27. The summed E-state index contributed by atoms with van der Waals surface area (Å²) in [7, 11) is 0. The lowest BCUT2D eigenvalue weighted by atomic mass is 9.79. The van der Waals surface area contributed by atoms with Crippen molar-refractivity contribution in [3.63, 3.8) is 0 Å². The molecule has 1 aromatic carbocycles. The van der Waals surface area contributed by atoms with Crippen LogP contribution in [0, 0.1) is 17.3 Å². The average Bonchev–Trinajstić information content (AvgIpc) is 2.91. The molecule has 3 atom stereocenters. The van der Waals surface area contributed by atoms with Gasteiger partial charge in [0.15, 0.2) is 5.78 Å². The Labute approximate surface area is 131 Å². The second-order valence-electron chi connectivity index (χ2n) is 7.15. The predicted molar refractivity (Wildman–Crippen MR) is 84.2 cm³/mol. The molecule has 2 aliphatic rings. The highest BCUT2D eigenvalue weighted by atomic mass is 16.5. The fraction of sp³-hybridized carbons (Fsp3) is 0.474. The van der Waals surface area contributed by atoms with Gasteiger partial charge in [-0.15, -0.1) is 0 Å². The van der Waals surface area contributed by atoms with Crippen LogP contribution in [0.5, 0.6) is 0 Å². The maximum absolute atomic E-state index is 12.8. The molecule has 0 unspecified atom stereocenters. The SMILES string of the molecule is C=C[C@]1(OCc2ccccc2)C[C@H]2[C@H](C(=O)CC2(C)C)C1=O. The van der Waals surface area contributed by atoms with E-state index in [0.717, 1.165) is 5.56 Å². The van der Waals surface area contributed by atoms with E-state index in [4.69, 9.17) is 4.74 Å². The van der Waals surface area contributed by atoms with Gasteiger partial charge in [-0.3, -0.25) is 9.59 Å². The Hall–Kier alpha value is -1.74. The van der Waals surface area contributed by atoms with E-state index >= 15 is 0 Å². The molecular weight excluding hydrogens is 276 g/mol.